The number of likely N-dealkylation sites (tertiary alicyclic amines) is 1. The molecule has 1 aromatic heterocycles. The molecule has 4 nitrogen and oxygen atoms in total. The van der Waals surface area contributed by atoms with Crippen LogP contribution in [-0.2, 0) is 13.5 Å². The monoisotopic (exact) mass is 302 g/mol. The lowest BCUT2D eigenvalue weighted by Crippen LogP contribution is -2.34. The van der Waals surface area contributed by atoms with Crippen LogP contribution in [0.1, 0.15) is 43.6 Å². The fourth-order valence-corrected chi connectivity index (χ4v) is 3.42. The molecule has 2 atom stereocenters. The van der Waals surface area contributed by atoms with Crippen LogP contribution >= 0.6 is 0 Å². The fourth-order valence-electron chi connectivity index (χ4n) is 3.42. The van der Waals surface area contributed by atoms with E-state index < -0.39 is 0 Å². The van der Waals surface area contributed by atoms with Gasteiger partial charge in [0.15, 0.2) is 0 Å². The summed E-state index contributed by atoms with van der Waals surface area (Å²) in [5.41, 5.74) is 1.07. The third-order valence-electron chi connectivity index (χ3n) is 4.64. The largest absolute Gasteiger partial charge is 0.319 e. The standard InChI is InChI=1S/C17H23FN4/c1-13(8-9-14-5-3-6-15(18)11-14)22-10-4-7-16(22)17-20-19-12-21(17)2/h3,5-6,11-13,16H,4,7-10H2,1-2H3/t13-,16-/m0/s1. The van der Waals surface area contributed by atoms with Crippen LogP contribution < -0.4 is 0 Å². The summed E-state index contributed by atoms with van der Waals surface area (Å²) in [5.74, 6) is 0.901. The van der Waals surface area contributed by atoms with Crippen LogP contribution in [0.2, 0.25) is 0 Å². The second-order valence-corrected chi connectivity index (χ2v) is 6.21. The molecule has 5 heteroatoms. The Bertz CT molecular complexity index is 625. The molecule has 22 heavy (non-hydrogen) atoms. The summed E-state index contributed by atoms with van der Waals surface area (Å²) in [4.78, 5) is 2.52. The lowest BCUT2D eigenvalue weighted by atomic mass is 10.0. The summed E-state index contributed by atoms with van der Waals surface area (Å²) >= 11 is 0. The van der Waals surface area contributed by atoms with Crippen LogP contribution in [0.15, 0.2) is 30.6 Å². The van der Waals surface area contributed by atoms with Crippen LogP contribution in [0.3, 0.4) is 0 Å². The van der Waals surface area contributed by atoms with Gasteiger partial charge >= 0.3 is 0 Å². The predicted octanol–water partition coefficient (Wildman–Crippen LogP) is 3.11. The predicted molar refractivity (Wildman–Crippen MR) is 83.9 cm³/mol. The first kappa shape index (κ1) is 15.2. The van der Waals surface area contributed by atoms with Gasteiger partial charge in [0.25, 0.3) is 0 Å². The Hall–Kier alpha value is -1.75. The Morgan fingerprint density at radius 1 is 1.41 bits per heavy atom. The highest BCUT2D eigenvalue weighted by molar-refractivity contribution is 5.16. The molecule has 1 aliphatic rings. The summed E-state index contributed by atoms with van der Waals surface area (Å²) < 4.78 is 15.3. The molecule has 0 saturated carbocycles. The summed E-state index contributed by atoms with van der Waals surface area (Å²) in [5, 5.41) is 8.29. The van der Waals surface area contributed by atoms with Crippen molar-refractivity contribution < 1.29 is 4.39 Å². The Kier molecular flexibility index (Phi) is 4.52. The van der Waals surface area contributed by atoms with E-state index in [9.17, 15) is 4.39 Å². The van der Waals surface area contributed by atoms with E-state index in [2.05, 4.69) is 22.0 Å². The molecule has 0 aliphatic carbocycles. The Labute approximate surface area is 131 Å². The van der Waals surface area contributed by atoms with Crippen molar-refractivity contribution in [3.05, 3.63) is 47.8 Å². The summed E-state index contributed by atoms with van der Waals surface area (Å²) in [6.45, 7) is 3.36. The second kappa shape index (κ2) is 6.57. The third-order valence-corrected chi connectivity index (χ3v) is 4.64. The highest BCUT2D eigenvalue weighted by Crippen LogP contribution is 2.33. The van der Waals surface area contributed by atoms with Crippen LogP contribution in [0.4, 0.5) is 4.39 Å². The molecule has 0 amide bonds. The summed E-state index contributed by atoms with van der Waals surface area (Å²) in [7, 11) is 2.00. The van der Waals surface area contributed by atoms with E-state index in [1.807, 2.05) is 17.7 Å². The Morgan fingerprint density at radius 3 is 3.00 bits per heavy atom. The van der Waals surface area contributed by atoms with Gasteiger partial charge in [0.2, 0.25) is 0 Å². The van der Waals surface area contributed by atoms with Crippen LogP contribution in [0.5, 0.6) is 0 Å². The molecule has 0 bridgehead atoms. The van der Waals surface area contributed by atoms with E-state index >= 15 is 0 Å². The molecular formula is C17H23FN4. The summed E-state index contributed by atoms with van der Waals surface area (Å²) in [6, 6.07) is 7.73. The van der Waals surface area contributed by atoms with E-state index in [0.717, 1.165) is 37.2 Å². The average Bonchev–Trinajstić information content (AvgIpc) is 3.13. The van der Waals surface area contributed by atoms with Gasteiger partial charge in [0.1, 0.15) is 18.0 Å². The SMILES string of the molecule is C[C@@H](CCc1cccc(F)c1)N1CCC[C@H]1c1nncn1C. The lowest BCUT2D eigenvalue weighted by molar-refractivity contribution is 0.175. The molecule has 0 unspecified atom stereocenters. The zero-order valence-electron chi connectivity index (χ0n) is 13.2. The third kappa shape index (κ3) is 3.19. The second-order valence-electron chi connectivity index (χ2n) is 6.21. The molecule has 1 aliphatic heterocycles. The van der Waals surface area contributed by atoms with E-state index in [-0.39, 0.29) is 5.82 Å². The molecule has 1 fully saturated rings. The molecule has 1 aromatic carbocycles. The average molecular weight is 302 g/mol. The van der Waals surface area contributed by atoms with Gasteiger partial charge in [-0.3, -0.25) is 4.90 Å². The van der Waals surface area contributed by atoms with E-state index in [1.54, 1.807) is 18.5 Å². The number of aromatic nitrogens is 3. The van der Waals surface area contributed by atoms with E-state index in [1.165, 1.54) is 12.5 Å². The number of benzene rings is 1. The number of rotatable bonds is 5. The maximum atomic E-state index is 13.3. The van der Waals surface area contributed by atoms with Gasteiger partial charge in [-0.15, -0.1) is 10.2 Å². The minimum atomic E-state index is -0.150. The van der Waals surface area contributed by atoms with Gasteiger partial charge in [-0.2, -0.15) is 0 Å². The van der Waals surface area contributed by atoms with Crippen molar-refractivity contribution in [2.24, 2.45) is 7.05 Å². The first-order chi connectivity index (χ1) is 10.6. The number of nitrogens with zero attached hydrogens (tertiary/aromatic N) is 4. The minimum Gasteiger partial charge on any atom is -0.319 e. The topological polar surface area (TPSA) is 34.0 Å². The summed E-state index contributed by atoms with van der Waals surface area (Å²) in [6.07, 6.45) is 6.03. The van der Waals surface area contributed by atoms with Gasteiger partial charge in [0.05, 0.1) is 6.04 Å². The normalized spacial score (nSPS) is 20.4. The van der Waals surface area contributed by atoms with E-state index in [0.29, 0.717) is 12.1 Å². The zero-order valence-corrected chi connectivity index (χ0v) is 13.2. The van der Waals surface area contributed by atoms with Crippen molar-refractivity contribution in [3.8, 4) is 0 Å². The quantitative estimate of drug-likeness (QED) is 0.851. The van der Waals surface area contributed by atoms with Gasteiger partial charge in [-0.05, 0) is 56.8 Å². The molecule has 0 N–H and O–H groups in total. The maximum absolute atomic E-state index is 13.3. The zero-order chi connectivity index (χ0) is 15.5. The Balaban J connectivity index is 1.64. The fraction of sp³-hybridized carbons (Fsp3) is 0.529. The minimum absolute atomic E-state index is 0.150. The number of hydrogen-bond acceptors (Lipinski definition) is 3. The molecule has 3 rings (SSSR count). The first-order valence-corrected chi connectivity index (χ1v) is 7.99. The van der Waals surface area contributed by atoms with Crippen LogP contribution in [-0.4, -0.2) is 32.3 Å². The molecule has 0 radical (unpaired) electrons. The van der Waals surface area contributed by atoms with Crippen molar-refractivity contribution in [1.82, 2.24) is 19.7 Å². The first-order valence-electron chi connectivity index (χ1n) is 7.99. The number of halogens is 1. The molecule has 0 spiro atoms. The highest BCUT2D eigenvalue weighted by Gasteiger charge is 2.32. The van der Waals surface area contributed by atoms with Crippen LogP contribution in [0.25, 0.3) is 0 Å². The van der Waals surface area contributed by atoms with Crippen molar-refractivity contribution in [2.45, 2.75) is 44.7 Å². The lowest BCUT2D eigenvalue weighted by Gasteiger charge is -2.30. The molecule has 118 valence electrons. The highest BCUT2D eigenvalue weighted by atomic mass is 19.1. The van der Waals surface area contributed by atoms with Crippen molar-refractivity contribution in [2.75, 3.05) is 6.54 Å². The van der Waals surface area contributed by atoms with Crippen molar-refractivity contribution in [3.63, 3.8) is 0 Å². The number of hydrogen-bond donors (Lipinski definition) is 0. The van der Waals surface area contributed by atoms with Crippen molar-refractivity contribution in [1.29, 1.82) is 0 Å². The molecule has 1 saturated heterocycles. The van der Waals surface area contributed by atoms with Crippen LogP contribution in [0, 0.1) is 5.82 Å². The van der Waals surface area contributed by atoms with Crippen molar-refractivity contribution >= 4 is 0 Å². The Morgan fingerprint density at radius 2 is 2.27 bits per heavy atom. The molecule has 2 aromatic rings. The van der Waals surface area contributed by atoms with Gasteiger partial charge in [-0.25, -0.2) is 4.39 Å². The smallest absolute Gasteiger partial charge is 0.149 e. The maximum Gasteiger partial charge on any atom is 0.149 e. The molecular weight excluding hydrogens is 279 g/mol. The number of aryl methyl sites for hydroxylation is 2. The van der Waals surface area contributed by atoms with Gasteiger partial charge < -0.3 is 4.57 Å². The van der Waals surface area contributed by atoms with Gasteiger partial charge in [0, 0.05) is 13.1 Å². The van der Waals surface area contributed by atoms with Gasteiger partial charge in [-0.1, -0.05) is 12.1 Å². The van der Waals surface area contributed by atoms with E-state index in [4.69, 9.17) is 0 Å². The molecule has 2 heterocycles.